The molecule has 2 heterocycles. The fraction of sp³-hybridized carbons (Fsp3) is 1.00. The maximum atomic E-state index is 5.78. The summed E-state index contributed by atoms with van der Waals surface area (Å²) in [6.45, 7) is 19.3. The summed E-state index contributed by atoms with van der Waals surface area (Å²) in [5.74, 6) is 0.763. The second-order valence-electron chi connectivity index (χ2n) is 8.17. The van der Waals surface area contributed by atoms with Crippen molar-refractivity contribution < 1.29 is 4.74 Å². The minimum atomic E-state index is 0.254. The minimum absolute atomic E-state index is 0.254. The Labute approximate surface area is 119 Å². The molecular formula is C16H32N2O. The van der Waals surface area contributed by atoms with E-state index in [0.717, 1.165) is 25.7 Å². The lowest BCUT2D eigenvalue weighted by molar-refractivity contribution is -0.0688. The van der Waals surface area contributed by atoms with Crippen LogP contribution in [-0.4, -0.2) is 59.8 Å². The van der Waals surface area contributed by atoms with Crippen molar-refractivity contribution in [2.24, 2.45) is 5.92 Å². The molecule has 2 aliphatic rings. The van der Waals surface area contributed by atoms with Crippen LogP contribution in [0.5, 0.6) is 0 Å². The maximum absolute atomic E-state index is 5.78. The highest BCUT2D eigenvalue weighted by atomic mass is 16.5. The van der Waals surface area contributed by atoms with Crippen LogP contribution in [0.4, 0.5) is 0 Å². The molecule has 19 heavy (non-hydrogen) atoms. The molecule has 0 amide bonds. The molecular weight excluding hydrogens is 236 g/mol. The number of hydrogen-bond donors (Lipinski definition) is 0. The zero-order valence-corrected chi connectivity index (χ0v) is 13.7. The summed E-state index contributed by atoms with van der Waals surface area (Å²) in [6, 6.07) is 0.598. The smallest absolute Gasteiger partial charge is 0.0625 e. The second kappa shape index (κ2) is 5.34. The molecule has 3 nitrogen and oxygen atoms in total. The van der Waals surface area contributed by atoms with Crippen molar-refractivity contribution in [1.29, 1.82) is 0 Å². The van der Waals surface area contributed by atoms with Gasteiger partial charge in [-0.1, -0.05) is 0 Å². The van der Waals surface area contributed by atoms with E-state index in [1.807, 2.05) is 0 Å². The van der Waals surface area contributed by atoms with Gasteiger partial charge in [0.25, 0.3) is 0 Å². The normalized spacial score (nSPS) is 31.9. The van der Waals surface area contributed by atoms with Crippen molar-refractivity contribution in [3.63, 3.8) is 0 Å². The van der Waals surface area contributed by atoms with Gasteiger partial charge in [-0.2, -0.15) is 0 Å². The van der Waals surface area contributed by atoms with Gasteiger partial charge in [0.15, 0.2) is 0 Å². The van der Waals surface area contributed by atoms with E-state index in [4.69, 9.17) is 4.74 Å². The second-order valence-corrected chi connectivity index (χ2v) is 8.17. The number of nitrogens with zero attached hydrogens (tertiary/aromatic N) is 2. The van der Waals surface area contributed by atoms with E-state index in [-0.39, 0.29) is 5.54 Å². The van der Waals surface area contributed by atoms with Crippen LogP contribution < -0.4 is 0 Å². The molecule has 0 radical (unpaired) electrons. The molecule has 0 N–H and O–H groups in total. The van der Waals surface area contributed by atoms with Crippen molar-refractivity contribution in [3.8, 4) is 0 Å². The van der Waals surface area contributed by atoms with Crippen LogP contribution in [0.25, 0.3) is 0 Å². The molecule has 0 aromatic carbocycles. The Morgan fingerprint density at radius 2 is 1.63 bits per heavy atom. The molecule has 0 aromatic heterocycles. The Bertz CT molecular complexity index is 303. The number of rotatable bonds is 1. The average molecular weight is 268 g/mol. The lowest BCUT2D eigenvalue weighted by atomic mass is 9.92. The Kier molecular flexibility index (Phi) is 4.29. The molecule has 112 valence electrons. The van der Waals surface area contributed by atoms with Crippen LogP contribution in [0.1, 0.15) is 48.0 Å². The van der Waals surface area contributed by atoms with Gasteiger partial charge in [0.2, 0.25) is 0 Å². The lowest BCUT2D eigenvalue weighted by Crippen LogP contribution is -2.57. The molecule has 0 spiro atoms. The van der Waals surface area contributed by atoms with Gasteiger partial charge in [-0.3, -0.25) is 9.80 Å². The number of likely N-dealkylation sites (tertiary alicyclic amines) is 1. The van der Waals surface area contributed by atoms with Crippen LogP contribution in [-0.2, 0) is 4.74 Å². The molecule has 2 fully saturated rings. The fourth-order valence-corrected chi connectivity index (χ4v) is 3.56. The van der Waals surface area contributed by atoms with Crippen molar-refractivity contribution in [2.45, 2.75) is 65.1 Å². The number of ether oxygens (including phenoxy) is 1. The SMILES string of the molecule is CC(C)(C)N1CCC(C2COCCN2C(C)(C)C)C1. The molecule has 2 aliphatic heterocycles. The van der Waals surface area contributed by atoms with Gasteiger partial charge in [0, 0.05) is 30.2 Å². The van der Waals surface area contributed by atoms with E-state index in [2.05, 4.69) is 51.3 Å². The number of morpholine rings is 1. The van der Waals surface area contributed by atoms with Crippen molar-refractivity contribution in [2.75, 3.05) is 32.8 Å². The summed E-state index contributed by atoms with van der Waals surface area (Å²) in [4.78, 5) is 5.31. The topological polar surface area (TPSA) is 15.7 Å². The quantitative estimate of drug-likeness (QED) is 0.727. The predicted octanol–water partition coefficient (Wildman–Crippen LogP) is 2.61. The van der Waals surface area contributed by atoms with Crippen LogP contribution in [0.15, 0.2) is 0 Å². The molecule has 0 aliphatic carbocycles. The summed E-state index contributed by atoms with van der Waals surface area (Å²) in [5.41, 5.74) is 0.556. The van der Waals surface area contributed by atoms with Crippen LogP contribution >= 0.6 is 0 Å². The van der Waals surface area contributed by atoms with Crippen LogP contribution in [0.3, 0.4) is 0 Å². The Morgan fingerprint density at radius 1 is 0.947 bits per heavy atom. The summed E-state index contributed by atoms with van der Waals surface area (Å²) in [5, 5.41) is 0. The predicted molar refractivity (Wildman–Crippen MR) is 80.5 cm³/mol. The van der Waals surface area contributed by atoms with Gasteiger partial charge in [-0.05, 0) is 60.4 Å². The molecule has 0 aromatic rings. The van der Waals surface area contributed by atoms with Gasteiger partial charge < -0.3 is 4.74 Å². The third kappa shape index (κ3) is 3.50. The van der Waals surface area contributed by atoms with E-state index < -0.39 is 0 Å². The molecule has 2 atom stereocenters. The molecule has 2 rings (SSSR count). The minimum Gasteiger partial charge on any atom is -0.378 e. The largest absolute Gasteiger partial charge is 0.378 e. The first-order valence-corrected chi connectivity index (χ1v) is 7.79. The highest BCUT2D eigenvalue weighted by Gasteiger charge is 2.40. The van der Waals surface area contributed by atoms with E-state index in [1.165, 1.54) is 19.5 Å². The van der Waals surface area contributed by atoms with Crippen LogP contribution in [0, 0.1) is 5.92 Å². The first kappa shape index (κ1) is 15.3. The molecule has 2 unspecified atom stereocenters. The van der Waals surface area contributed by atoms with Crippen LogP contribution in [0.2, 0.25) is 0 Å². The molecule has 0 bridgehead atoms. The van der Waals surface area contributed by atoms with Crippen molar-refractivity contribution >= 4 is 0 Å². The first-order chi connectivity index (χ1) is 8.69. The Balaban J connectivity index is 2.04. The Hall–Kier alpha value is -0.120. The van der Waals surface area contributed by atoms with Crippen molar-refractivity contribution in [1.82, 2.24) is 9.80 Å². The van der Waals surface area contributed by atoms with E-state index in [0.29, 0.717) is 11.6 Å². The lowest BCUT2D eigenvalue weighted by Gasteiger charge is -2.47. The third-order valence-corrected chi connectivity index (χ3v) is 4.74. The summed E-state index contributed by atoms with van der Waals surface area (Å²) >= 11 is 0. The zero-order chi connectivity index (χ0) is 14.3. The molecule has 2 saturated heterocycles. The van der Waals surface area contributed by atoms with E-state index in [1.54, 1.807) is 0 Å². The standard InChI is InChI=1S/C16H32N2O/c1-15(2,3)17-8-7-13(11-17)14-12-19-10-9-18(14)16(4,5)6/h13-14H,7-12H2,1-6H3. The van der Waals surface area contributed by atoms with Gasteiger partial charge in [-0.15, -0.1) is 0 Å². The van der Waals surface area contributed by atoms with Gasteiger partial charge in [-0.25, -0.2) is 0 Å². The summed E-state index contributed by atoms with van der Waals surface area (Å²) in [7, 11) is 0. The Morgan fingerprint density at radius 3 is 2.16 bits per heavy atom. The molecule has 0 saturated carbocycles. The first-order valence-electron chi connectivity index (χ1n) is 7.79. The summed E-state index contributed by atoms with van der Waals surface area (Å²) < 4.78 is 5.78. The van der Waals surface area contributed by atoms with Gasteiger partial charge in [0.1, 0.15) is 0 Å². The monoisotopic (exact) mass is 268 g/mol. The van der Waals surface area contributed by atoms with Gasteiger partial charge in [0.05, 0.1) is 13.2 Å². The number of hydrogen-bond acceptors (Lipinski definition) is 3. The maximum Gasteiger partial charge on any atom is 0.0625 e. The molecule has 3 heteroatoms. The summed E-state index contributed by atoms with van der Waals surface area (Å²) in [6.07, 6.45) is 1.32. The van der Waals surface area contributed by atoms with Crippen molar-refractivity contribution in [3.05, 3.63) is 0 Å². The highest BCUT2D eigenvalue weighted by molar-refractivity contribution is 4.95. The zero-order valence-electron chi connectivity index (χ0n) is 13.7. The average Bonchev–Trinajstić information content (AvgIpc) is 2.76. The third-order valence-electron chi connectivity index (χ3n) is 4.74. The van der Waals surface area contributed by atoms with Gasteiger partial charge >= 0.3 is 0 Å². The highest BCUT2D eigenvalue weighted by Crippen LogP contribution is 2.32. The van der Waals surface area contributed by atoms with E-state index >= 15 is 0 Å². The fourth-order valence-electron chi connectivity index (χ4n) is 3.56. The van der Waals surface area contributed by atoms with E-state index in [9.17, 15) is 0 Å².